The zero-order valence-corrected chi connectivity index (χ0v) is 19.8. The van der Waals surface area contributed by atoms with Gasteiger partial charge in [0.25, 0.3) is 5.56 Å². The minimum atomic E-state index is -3.96. The molecule has 3 aromatic rings. The SMILES string of the molecule is CNS(=O)(=O)O[C@@H]1C[C@H](Nc2ncncc2C(=O)c2ccn(Cc3cccn(C)c3=O)n2)C[C@@H]1O. The molecule has 1 aliphatic carbocycles. The summed E-state index contributed by atoms with van der Waals surface area (Å²) in [6.45, 7) is 0.202. The Morgan fingerprint density at radius 2 is 2.09 bits per heavy atom. The zero-order chi connectivity index (χ0) is 25.2. The van der Waals surface area contributed by atoms with Gasteiger partial charge in [-0.2, -0.15) is 18.2 Å². The zero-order valence-electron chi connectivity index (χ0n) is 19.0. The number of aryl methyl sites for hydroxylation is 1. The first kappa shape index (κ1) is 24.7. The van der Waals surface area contributed by atoms with E-state index < -0.39 is 34.3 Å². The number of rotatable bonds is 9. The maximum absolute atomic E-state index is 13.2. The van der Waals surface area contributed by atoms with E-state index >= 15 is 0 Å². The van der Waals surface area contributed by atoms with E-state index in [1.807, 2.05) is 4.72 Å². The van der Waals surface area contributed by atoms with Crippen LogP contribution < -0.4 is 15.6 Å². The molecule has 13 nitrogen and oxygen atoms in total. The van der Waals surface area contributed by atoms with Crippen molar-refractivity contribution in [2.24, 2.45) is 7.05 Å². The van der Waals surface area contributed by atoms with Gasteiger partial charge in [0.2, 0.25) is 5.78 Å². The van der Waals surface area contributed by atoms with Crippen molar-refractivity contribution in [3.05, 3.63) is 70.3 Å². The van der Waals surface area contributed by atoms with Gasteiger partial charge >= 0.3 is 10.3 Å². The first-order valence-corrected chi connectivity index (χ1v) is 12.2. The second-order valence-electron chi connectivity index (χ2n) is 8.14. The molecule has 186 valence electrons. The summed E-state index contributed by atoms with van der Waals surface area (Å²) in [7, 11) is -1.09. The summed E-state index contributed by atoms with van der Waals surface area (Å²) < 4.78 is 33.3. The first-order chi connectivity index (χ1) is 16.7. The van der Waals surface area contributed by atoms with Crippen molar-refractivity contribution in [1.29, 1.82) is 0 Å². The highest BCUT2D eigenvalue weighted by molar-refractivity contribution is 7.84. The van der Waals surface area contributed by atoms with Crippen LogP contribution in [-0.2, 0) is 28.1 Å². The Morgan fingerprint density at radius 1 is 1.29 bits per heavy atom. The van der Waals surface area contributed by atoms with Crippen molar-refractivity contribution >= 4 is 21.9 Å². The van der Waals surface area contributed by atoms with E-state index in [1.54, 1.807) is 37.6 Å². The van der Waals surface area contributed by atoms with Crippen molar-refractivity contribution in [3.63, 3.8) is 0 Å². The lowest BCUT2D eigenvalue weighted by atomic mass is 10.1. The predicted molar refractivity (Wildman–Crippen MR) is 124 cm³/mol. The van der Waals surface area contributed by atoms with Crippen molar-refractivity contribution in [2.45, 2.75) is 37.6 Å². The Bertz CT molecular complexity index is 1390. The number of nitrogens with one attached hydrogen (secondary N) is 2. The van der Waals surface area contributed by atoms with Gasteiger partial charge in [0.05, 0.1) is 18.2 Å². The van der Waals surface area contributed by atoms with Crippen LogP contribution in [0.2, 0.25) is 0 Å². The number of aliphatic hydroxyl groups is 1. The van der Waals surface area contributed by atoms with Crippen LogP contribution >= 0.6 is 0 Å². The number of ketones is 1. The molecular weight excluding hydrogens is 478 g/mol. The van der Waals surface area contributed by atoms with Gasteiger partial charge < -0.3 is 15.0 Å². The average molecular weight is 504 g/mol. The average Bonchev–Trinajstić information content (AvgIpc) is 3.43. The van der Waals surface area contributed by atoms with Gasteiger partial charge in [-0.05, 0) is 25.0 Å². The minimum absolute atomic E-state index is 0.142. The summed E-state index contributed by atoms with van der Waals surface area (Å²) in [6.07, 6.45) is 4.31. The number of hydrogen-bond donors (Lipinski definition) is 3. The molecule has 0 amide bonds. The van der Waals surface area contributed by atoms with Crippen molar-refractivity contribution in [2.75, 3.05) is 12.4 Å². The van der Waals surface area contributed by atoms with Crippen molar-refractivity contribution in [1.82, 2.24) is 29.0 Å². The maximum Gasteiger partial charge on any atom is 0.335 e. The van der Waals surface area contributed by atoms with Crippen LogP contribution in [-0.4, -0.2) is 68.9 Å². The molecular formula is C21H25N7O6S. The van der Waals surface area contributed by atoms with E-state index in [4.69, 9.17) is 4.18 Å². The Balaban J connectivity index is 1.48. The molecule has 4 rings (SSSR count). The van der Waals surface area contributed by atoms with Crippen LogP contribution in [0.3, 0.4) is 0 Å². The molecule has 3 aromatic heterocycles. The normalized spacial score (nSPS) is 20.1. The quantitative estimate of drug-likeness (QED) is 0.321. The third kappa shape index (κ3) is 5.62. The Morgan fingerprint density at radius 3 is 2.86 bits per heavy atom. The minimum Gasteiger partial charge on any atom is -0.390 e. The van der Waals surface area contributed by atoms with E-state index in [2.05, 4.69) is 20.4 Å². The van der Waals surface area contributed by atoms with Crippen molar-refractivity contribution in [3.8, 4) is 0 Å². The fourth-order valence-corrected chi connectivity index (χ4v) is 4.50. The van der Waals surface area contributed by atoms with Crippen LogP contribution in [0.1, 0.15) is 34.5 Å². The molecule has 0 radical (unpaired) electrons. The number of carbonyl (C=O) groups excluding carboxylic acids is 1. The molecule has 1 aliphatic rings. The summed E-state index contributed by atoms with van der Waals surface area (Å²) in [5.74, 6) is -0.206. The topological polar surface area (TPSA) is 170 Å². The lowest BCUT2D eigenvalue weighted by Gasteiger charge is -2.15. The lowest BCUT2D eigenvalue weighted by molar-refractivity contribution is 0.0636. The van der Waals surface area contributed by atoms with Crippen molar-refractivity contribution < 1.29 is 22.5 Å². The molecule has 3 N–H and O–H groups in total. The fraction of sp³-hybridized carbons (Fsp3) is 0.381. The van der Waals surface area contributed by atoms with E-state index in [1.165, 1.54) is 28.8 Å². The number of anilines is 1. The number of nitrogens with zero attached hydrogens (tertiary/aromatic N) is 5. The standard InChI is InChI=1S/C21H25N7O6S/c1-22-35(32,33)34-18-9-14(8-17(18)29)25-20-15(10-23-12-24-20)19(30)16-5-7-28(26-16)11-13-4-3-6-27(2)21(13)31/h3-7,10,12,14,17-18,22,29H,8-9,11H2,1-2H3,(H,23,24,25)/t14-,17+,18-/m1/s1. The molecule has 0 aliphatic heterocycles. The van der Waals surface area contributed by atoms with Gasteiger partial charge in [-0.15, -0.1) is 0 Å². The number of aromatic nitrogens is 5. The van der Waals surface area contributed by atoms with Crippen LogP contribution in [0.25, 0.3) is 0 Å². The van der Waals surface area contributed by atoms with Gasteiger partial charge in [-0.25, -0.2) is 9.97 Å². The molecule has 14 heteroatoms. The second kappa shape index (κ2) is 10.0. The number of pyridine rings is 1. The highest BCUT2D eigenvalue weighted by Crippen LogP contribution is 2.27. The molecule has 0 saturated heterocycles. The fourth-order valence-electron chi connectivity index (χ4n) is 3.87. The Hall–Kier alpha value is -3.46. The predicted octanol–water partition coefficient (Wildman–Crippen LogP) is -0.564. The molecule has 3 atom stereocenters. The smallest absolute Gasteiger partial charge is 0.335 e. The van der Waals surface area contributed by atoms with Crippen LogP contribution in [0.15, 0.2) is 47.9 Å². The van der Waals surface area contributed by atoms with Crippen LogP contribution in [0.4, 0.5) is 5.82 Å². The molecule has 1 saturated carbocycles. The maximum atomic E-state index is 13.2. The number of hydrogen-bond acceptors (Lipinski definition) is 10. The highest BCUT2D eigenvalue weighted by Gasteiger charge is 2.37. The summed E-state index contributed by atoms with van der Waals surface area (Å²) in [6, 6.07) is 4.61. The molecule has 3 heterocycles. The summed E-state index contributed by atoms with van der Waals surface area (Å²) in [4.78, 5) is 33.5. The van der Waals surface area contributed by atoms with Gasteiger partial charge in [0.1, 0.15) is 23.9 Å². The molecule has 0 unspecified atom stereocenters. The largest absolute Gasteiger partial charge is 0.390 e. The number of aliphatic hydroxyl groups excluding tert-OH is 1. The van der Waals surface area contributed by atoms with Gasteiger partial charge in [-0.1, -0.05) is 6.07 Å². The van der Waals surface area contributed by atoms with Crippen LogP contribution in [0, 0.1) is 0 Å². The molecule has 1 fully saturated rings. The third-order valence-electron chi connectivity index (χ3n) is 5.68. The number of carbonyl (C=O) groups is 1. The van der Waals surface area contributed by atoms with Crippen LogP contribution in [0.5, 0.6) is 0 Å². The highest BCUT2D eigenvalue weighted by atomic mass is 32.2. The molecule has 0 spiro atoms. The monoisotopic (exact) mass is 503 g/mol. The van der Waals surface area contributed by atoms with E-state index in [-0.39, 0.29) is 42.0 Å². The summed E-state index contributed by atoms with van der Waals surface area (Å²) >= 11 is 0. The lowest BCUT2D eigenvalue weighted by Crippen LogP contribution is -2.31. The van der Waals surface area contributed by atoms with Gasteiger partial charge in [0.15, 0.2) is 0 Å². The second-order valence-corrected chi connectivity index (χ2v) is 9.64. The van der Waals surface area contributed by atoms with E-state index in [0.717, 1.165) is 0 Å². The third-order valence-corrected chi connectivity index (χ3v) is 6.68. The summed E-state index contributed by atoms with van der Waals surface area (Å²) in [5, 5.41) is 17.6. The van der Waals surface area contributed by atoms with Gasteiger partial charge in [-0.3, -0.25) is 18.5 Å². The van der Waals surface area contributed by atoms with E-state index in [0.29, 0.717) is 5.56 Å². The molecule has 0 bridgehead atoms. The van der Waals surface area contributed by atoms with Gasteiger partial charge in [0, 0.05) is 44.3 Å². The molecule has 0 aromatic carbocycles. The Kier molecular flexibility index (Phi) is 7.07. The molecule has 35 heavy (non-hydrogen) atoms. The summed E-state index contributed by atoms with van der Waals surface area (Å²) in [5.41, 5.74) is 0.681. The first-order valence-electron chi connectivity index (χ1n) is 10.8. The Labute approximate surface area is 201 Å². The van der Waals surface area contributed by atoms with E-state index in [9.17, 15) is 23.1 Å².